The predicted molar refractivity (Wildman–Crippen MR) is 87.2 cm³/mol. The van der Waals surface area contributed by atoms with Crippen LogP contribution in [0.4, 0.5) is 5.69 Å². The van der Waals surface area contributed by atoms with Crippen LogP contribution in [0.15, 0.2) is 24.3 Å². The van der Waals surface area contributed by atoms with Crippen LogP contribution in [0.2, 0.25) is 0 Å². The van der Waals surface area contributed by atoms with Crippen molar-refractivity contribution in [1.82, 2.24) is 0 Å². The van der Waals surface area contributed by atoms with Crippen molar-refractivity contribution in [3.05, 3.63) is 48.7 Å². The van der Waals surface area contributed by atoms with Gasteiger partial charge in [0.2, 0.25) is 0 Å². The van der Waals surface area contributed by atoms with Crippen molar-refractivity contribution in [2.75, 3.05) is 5.32 Å². The van der Waals surface area contributed by atoms with Crippen molar-refractivity contribution < 1.29 is 9.90 Å². The van der Waals surface area contributed by atoms with Crippen LogP contribution in [0.5, 0.6) is 0 Å². The van der Waals surface area contributed by atoms with Gasteiger partial charge in [0.25, 0.3) is 0 Å². The summed E-state index contributed by atoms with van der Waals surface area (Å²) >= 11 is 3.63. The third-order valence-electron chi connectivity index (χ3n) is 2.89. The maximum atomic E-state index is 10.9. The highest BCUT2D eigenvalue weighted by atomic mass is 127. The number of nitrogens with one attached hydrogen (secondary N) is 1. The van der Waals surface area contributed by atoms with Gasteiger partial charge in [0.1, 0.15) is 4.88 Å². The van der Waals surface area contributed by atoms with Gasteiger partial charge in [-0.3, -0.25) is 0 Å². The number of carboxylic acid groups (broad SMARTS) is 1. The highest BCUT2D eigenvalue weighted by molar-refractivity contribution is 14.1. The van der Waals surface area contributed by atoms with Gasteiger partial charge in [-0.1, -0.05) is 6.07 Å². The minimum atomic E-state index is -0.857. The monoisotopic (exact) mass is 387 g/mol. The van der Waals surface area contributed by atoms with E-state index in [1.165, 1.54) is 20.5 Å². The van der Waals surface area contributed by atoms with Gasteiger partial charge in [0.05, 0.1) is 0 Å². The number of anilines is 1. The number of carboxylic acids is 1. The molecule has 0 saturated carbocycles. The van der Waals surface area contributed by atoms with Crippen molar-refractivity contribution in [3.8, 4) is 0 Å². The van der Waals surface area contributed by atoms with Crippen LogP contribution in [0.3, 0.4) is 0 Å². The molecule has 0 amide bonds. The molecule has 0 unspecified atom stereocenters. The normalized spacial score (nSPS) is 10.5. The lowest BCUT2D eigenvalue weighted by atomic mass is 10.2. The fourth-order valence-electron chi connectivity index (χ4n) is 1.70. The van der Waals surface area contributed by atoms with Gasteiger partial charge in [-0.05, 0) is 65.8 Å². The SMILES string of the molecule is Cc1ccc(NCc2cc(C(=O)O)sc2C)cc1I. The van der Waals surface area contributed by atoms with E-state index in [1.54, 1.807) is 6.07 Å². The minimum absolute atomic E-state index is 0.396. The molecule has 0 atom stereocenters. The molecule has 5 heteroatoms. The first-order valence-electron chi connectivity index (χ1n) is 5.80. The Balaban J connectivity index is 2.09. The van der Waals surface area contributed by atoms with Crippen LogP contribution >= 0.6 is 33.9 Å². The van der Waals surface area contributed by atoms with Crippen LogP contribution in [0.1, 0.15) is 25.7 Å². The second kappa shape index (κ2) is 5.92. The van der Waals surface area contributed by atoms with Gasteiger partial charge in [0.15, 0.2) is 0 Å². The molecule has 0 spiro atoms. The number of hydrogen-bond acceptors (Lipinski definition) is 3. The molecule has 0 aliphatic rings. The predicted octanol–water partition coefficient (Wildman–Crippen LogP) is 4.28. The zero-order chi connectivity index (χ0) is 14.0. The maximum absolute atomic E-state index is 10.9. The Hall–Kier alpha value is -1.08. The molecule has 3 nitrogen and oxygen atoms in total. The van der Waals surface area contributed by atoms with E-state index in [4.69, 9.17) is 5.11 Å². The van der Waals surface area contributed by atoms with E-state index < -0.39 is 5.97 Å². The number of thiophene rings is 1. The molecule has 0 bridgehead atoms. The molecule has 0 saturated heterocycles. The first-order valence-corrected chi connectivity index (χ1v) is 7.69. The first-order chi connectivity index (χ1) is 8.97. The number of rotatable bonds is 4. The van der Waals surface area contributed by atoms with E-state index >= 15 is 0 Å². The van der Waals surface area contributed by atoms with Crippen molar-refractivity contribution in [2.45, 2.75) is 20.4 Å². The molecule has 1 heterocycles. The van der Waals surface area contributed by atoms with Gasteiger partial charge >= 0.3 is 5.97 Å². The summed E-state index contributed by atoms with van der Waals surface area (Å²) < 4.78 is 1.22. The molecular weight excluding hydrogens is 373 g/mol. The van der Waals surface area contributed by atoms with Crippen LogP contribution in [0, 0.1) is 17.4 Å². The van der Waals surface area contributed by atoms with Crippen molar-refractivity contribution in [1.29, 1.82) is 0 Å². The molecular formula is C14H14INO2S. The van der Waals surface area contributed by atoms with Gasteiger partial charge in [-0.25, -0.2) is 4.79 Å². The molecule has 0 fully saturated rings. The molecule has 2 N–H and O–H groups in total. The summed E-state index contributed by atoms with van der Waals surface area (Å²) in [6, 6.07) is 7.95. The quantitative estimate of drug-likeness (QED) is 0.770. The minimum Gasteiger partial charge on any atom is -0.477 e. The van der Waals surface area contributed by atoms with E-state index in [0.717, 1.165) is 16.1 Å². The summed E-state index contributed by atoms with van der Waals surface area (Å²) in [6.07, 6.45) is 0. The largest absolute Gasteiger partial charge is 0.477 e. The van der Waals surface area contributed by atoms with Crippen LogP contribution in [0.25, 0.3) is 0 Å². The molecule has 1 aromatic heterocycles. The van der Waals surface area contributed by atoms with Gasteiger partial charge in [-0.2, -0.15) is 0 Å². The zero-order valence-electron chi connectivity index (χ0n) is 10.7. The third-order valence-corrected chi connectivity index (χ3v) is 5.13. The topological polar surface area (TPSA) is 49.3 Å². The van der Waals surface area contributed by atoms with Crippen molar-refractivity contribution in [2.24, 2.45) is 0 Å². The highest BCUT2D eigenvalue weighted by Gasteiger charge is 2.10. The molecule has 2 rings (SSSR count). The van der Waals surface area contributed by atoms with Crippen LogP contribution in [-0.2, 0) is 6.54 Å². The van der Waals surface area contributed by atoms with Crippen LogP contribution < -0.4 is 5.32 Å². The van der Waals surface area contributed by atoms with E-state index in [9.17, 15) is 4.79 Å². The average Bonchev–Trinajstić information content (AvgIpc) is 2.73. The summed E-state index contributed by atoms with van der Waals surface area (Å²) in [4.78, 5) is 12.4. The third kappa shape index (κ3) is 3.48. The zero-order valence-corrected chi connectivity index (χ0v) is 13.6. The fraction of sp³-hybridized carbons (Fsp3) is 0.214. The smallest absolute Gasteiger partial charge is 0.345 e. The lowest BCUT2D eigenvalue weighted by Crippen LogP contribution is -2.00. The van der Waals surface area contributed by atoms with Crippen LogP contribution in [-0.4, -0.2) is 11.1 Å². The van der Waals surface area contributed by atoms with E-state index in [0.29, 0.717) is 11.4 Å². The Bertz CT molecular complexity index is 622. The van der Waals surface area contributed by atoms with Crippen molar-refractivity contribution >= 4 is 45.6 Å². The fourth-order valence-corrected chi connectivity index (χ4v) is 3.10. The van der Waals surface area contributed by atoms with Gasteiger partial charge in [-0.15, -0.1) is 11.3 Å². The number of carbonyl (C=O) groups is 1. The van der Waals surface area contributed by atoms with E-state index in [-0.39, 0.29) is 0 Å². The van der Waals surface area contributed by atoms with Crippen molar-refractivity contribution in [3.63, 3.8) is 0 Å². The Morgan fingerprint density at radius 3 is 2.68 bits per heavy atom. The number of benzene rings is 1. The molecule has 0 radical (unpaired) electrons. The summed E-state index contributed by atoms with van der Waals surface area (Å²) in [5.74, 6) is -0.857. The van der Waals surface area contributed by atoms with Gasteiger partial charge < -0.3 is 10.4 Å². The molecule has 100 valence electrons. The molecule has 2 aromatic rings. The summed E-state index contributed by atoms with van der Waals surface area (Å²) in [7, 11) is 0. The highest BCUT2D eigenvalue weighted by Crippen LogP contribution is 2.23. The second-order valence-corrected chi connectivity index (χ2v) is 6.73. The standard InChI is InChI=1S/C14H14INO2S/c1-8-3-4-11(6-12(8)15)16-7-10-5-13(14(17)18)19-9(10)2/h3-6,16H,7H2,1-2H3,(H,17,18). The Kier molecular flexibility index (Phi) is 4.46. The molecule has 1 aromatic carbocycles. The number of hydrogen-bond donors (Lipinski definition) is 2. The summed E-state index contributed by atoms with van der Waals surface area (Å²) in [5, 5.41) is 12.3. The number of halogens is 1. The number of aromatic carboxylic acids is 1. The molecule has 0 aliphatic carbocycles. The van der Waals surface area contributed by atoms with E-state index in [2.05, 4.69) is 47.0 Å². The lowest BCUT2D eigenvalue weighted by molar-refractivity contribution is 0.0702. The number of aryl methyl sites for hydroxylation is 2. The molecule has 0 aliphatic heterocycles. The maximum Gasteiger partial charge on any atom is 0.345 e. The van der Waals surface area contributed by atoms with E-state index in [1.807, 2.05) is 13.0 Å². The van der Waals surface area contributed by atoms with Gasteiger partial charge in [0, 0.05) is 20.7 Å². The Morgan fingerprint density at radius 2 is 2.11 bits per heavy atom. The Morgan fingerprint density at radius 1 is 1.37 bits per heavy atom. The summed E-state index contributed by atoms with van der Waals surface area (Å²) in [6.45, 7) is 4.68. The summed E-state index contributed by atoms with van der Waals surface area (Å²) in [5.41, 5.74) is 3.35. The lowest BCUT2D eigenvalue weighted by Gasteiger charge is -2.07. The average molecular weight is 387 g/mol. The second-order valence-electron chi connectivity index (χ2n) is 4.31. The Labute approximate surface area is 129 Å². The first kappa shape index (κ1) is 14.3. The molecule has 19 heavy (non-hydrogen) atoms.